The largest absolute Gasteiger partial charge is 0.465 e. The lowest BCUT2D eigenvalue weighted by molar-refractivity contribution is 0.0600. The number of carbonyl (C=O) groups is 1. The molecular formula is C11H16N2O4S. The summed E-state index contributed by atoms with van der Waals surface area (Å²) in [7, 11) is -0.907. The normalized spacial score (nSPS) is 11.6. The van der Waals surface area contributed by atoms with E-state index in [-0.39, 0.29) is 16.1 Å². The average molecular weight is 272 g/mol. The van der Waals surface area contributed by atoms with Gasteiger partial charge in [0.15, 0.2) is 0 Å². The summed E-state index contributed by atoms with van der Waals surface area (Å²) in [6, 6.07) is 3.98. The van der Waals surface area contributed by atoms with Gasteiger partial charge in [-0.25, -0.2) is 17.5 Å². The predicted octanol–water partition coefficient (Wildman–Crippen LogP) is 0.696. The van der Waals surface area contributed by atoms with Gasteiger partial charge in [0.1, 0.15) is 4.90 Å². The van der Waals surface area contributed by atoms with Crippen molar-refractivity contribution in [3.63, 3.8) is 0 Å². The van der Waals surface area contributed by atoms with Crippen LogP contribution in [0, 0.1) is 0 Å². The number of esters is 1. The number of methoxy groups -OCH3 is 1. The summed E-state index contributed by atoms with van der Waals surface area (Å²) < 4.78 is 29.8. The molecule has 0 aliphatic heterocycles. The van der Waals surface area contributed by atoms with Crippen molar-refractivity contribution in [3.05, 3.63) is 23.8 Å². The van der Waals surface area contributed by atoms with Crippen LogP contribution >= 0.6 is 0 Å². The van der Waals surface area contributed by atoms with Crippen LogP contribution in [0.25, 0.3) is 0 Å². The Bertz CT molecular complexity index is 554. The van der Waals surface area contributed by atoms with Crippen LogP contribution in [-0.2, 0) is 14.8 Å². The van der Waals surface area contributed by atoms with Crippen LogP contribution in [0.3, 0.4) is 0 Å². The fourth-order valence-corrected chi connectivity index (χ4v) is 2.64. The fraction of sp³-hybridized carbons (Fsp3) is 0.364. The van der Waals surface area contributed by atoms with Crippen LogP contribution in [0.5, 0.6) is 0 Å². The number of benzene rings is 1. The third-order valence-electron chi connectivity index (χ3n) is 2.56. The van der Waals surface area contributed by atoms with Crippen molar-refractivity contribution in [1.82, 2.24) is 4.31 Å². The zero-order chi connectivity index (χ0) is 13.9. The van der Waals surface area contributed by atoms with Gasteiger partial charge >= 0.3 is 5.97 Å². The third kappa shape index (κ3) is 2.62. The molecule has 1 aromatic rings. The minimum absolute atomic E-state index is 0.0143. The maximum absolute atomic E-state index is 12.1. The Balaban J connectivity index is 3.26. The lowest BCUT2D eigenvalue weighted by atomic mass is 10.2. The molecule has 0 radical (unpaired) electrons. The Morgan fingerprint density at radius 1 is 1.44 bits per heavy atom. The predicted molar refractivity (Wildman–Crippen MR) is 67.7 cm³/mol. The number of nitrogens with two attached hydrogens (primary N) is 1. The molecule has 1 rings (SSSR count). The molecule has 7 heteroatoms. The summed E-state index contributed by atoms with van der Waals surface area (Å²) in [5.74, 6) is -0.561. The van der Waals surface area contributed by atoms with E-state index in [2.05, 4.69) is 4.74 Å². The average Bonchev–Trinajstić information content (AvgIpc) is 2.36. The van der Waals surface area contributed by atoms with Gasteiger partial charge in [0.25, 0.3) is 0 Å². The Morgan fingerprint density at radius 2 is 2.06 bits per heavy atom. The van der Waals surface area contributed by atoms with Crippen LogP contribution in [0.4, 0.5) is 5.69 Å². The molecule has 0 amide bonds. The lowest BCUT2D eigenvalue weighted by Gasteiger charge is -2.16. The molecule has 0 spiro atoms. The zero-order valence-corrected chi connectivity index (χ0v) is 11.3. The van der Waals surface area contributed by atoms with Gasteiger partial charge in [-0.3, -0.25) is 0 Å². The highest BCUT2D eigenvalue weighted by atomic mass is 32.2. The number of rotatable bonds is 4. The highest BCUT2D eigenvalue weighted by Crippen LogP contribution is 2.23. The lowest BCUT2D eigenvalue weighted by Crippen LogP contribution is -2.27. The Labute approximate surface area is 106 Å². The maximum Gasteiger partial charge on any atom is 0.337 e. The van der Waals surface area contributed by atoms with Crippen LogP contribution < -0.4 is 5.73 Å². The van der Waals surface area contributed by atoms with E-state index in [0.717, 1.165) is 0 Å². The summed E-state index contributed by atoms with van der Waals surface area (Å²) in [6.07, 6.45) is 0. The Kier molecular flexibility index (Phi) is 4.31. The fourth-order valence-electron chi connectivity index (χ4n) is 1.37. The molecule has 0 unspecified atom stereocenters. The quantitative estimate of drug-likeness (QED) is 0.643. The van der Waals surface area contributed by atoms with Crippen molar-refractivity contribution in [2.75, 3.05) is 26.4 Å². The SMILES string of the molecule is CCN(C)S(=O)(=O)c1ccc(C(=O)OC)cc1N. The van der Waals surface area contributed by atoms with E-state index in [1.807, 2.05) is 0 Å². The maximum atomic E-state index is 12.1. The number of carbonyl (C=O) groups excluding carboxylic acids is 1. The Hall–Kier alpha value is -1.60. The molecule has 6 nitrogen and oxygen atoms in total. The molecule has 1 aromatic carbocycles. The molecule has 0 saturated carbocycles. The first kappa shape index (κ1) is 14.5. The second kappa shape index (κ2) is 5.36. The van der Waals surface area contributed by atoms with E-state index in [0.29, 0.717) is 6.54 Å². The summed E-state index contributed by atoms with van der Waals surface area (Å²) in [5.41, 5.74) is 5.92. The molecule has 0 fully saturated rings. The molecule has 0 aliphatic rings. The van der Waals surface area contributed by atoms with Gasteiger partial charge in [-0.2, -0.15) is 0 Å². The highest BCUT2D eigenvalue weighted by molar-refractivity contribution is 7.89. The highest BCUT2D eigenvalue weighted by Gasteiger charge is 2.22. The number of hydrogen-bond acceptors (Lipinski definition) is 5. The van der Waals surface area contributed by atoms with E-state index in [1.54, 1.807) is 6.92 Å². The van der Waals surface area contributed by atoms with E-state index in [1.165, 1.54) is 36.7 Å². The number of nitrogen functional groups attached to an aromatic ring is 1. The first-order chi connectivity index (χ1) is 8.34. The van der Waals surface area contributed by atoms with Crippen molar-refractivity contribution in [3.8, 4) is 0 Å². The number of nitrogens with zero attached hydrogens (tertiary/aromatic N) is 1. The van der Waals surface area contributed by atoms with E-state index >= 15 is 0 Å². The minimum atomic E-state index is -3.61. The van der Waals surface area contributed by atoms with Crippen molar-refractivity contribution < 1.29 is 17.9 Å². The number of sulfonamides is 1. The van der Waals surface area contributed by atoms with Gasteiger partial charge in [0, 0.05) is 13.6 Å². The van der Waals surface area contributed by atoms with Gasteiger partial charge in [0.2, 0.25) is 10.0 Å². The Morgan fingerprint density at radius 3 is 2.50 bits per heavy atom. The van der Waals surface area contributed by atoms with Gasteiger partial charge in [0.05, 0.1) is 18.4 Å². The van der Waals surface area contributed by atoms with Gasteiger partial charge in [-0.15, -0.1) is 0 Å². The molecule has 0 atom stereocenters. The van der Waals surface area contributed by atoms with E-state index in [9.17, 15) is 13.2 Å². The van der Waals surface area contributed by atoms with Crippen LogP contribution in [0.1, 0.15) is 17.3 Å². The summed E-state index contributed by atoms with van der Waals surface area (Å²) >= 11 is 0. The molecule has 100 valence electrons. The van der Waals surface area contributed by atoms with Gasteiger partial charge in [-0.05, 0) is 18.2 Å². The second-order valence-corrected chi connectivity index (χ2v) is 5.68. The van der Waals surface area contributed by atoms with Gasteiger partial charge < -0.3 is 10.5 Å². The first-order valence-corrected chi connectivity index (χ1v) is 6.72. The molecule has 0 heterocycles. The molecule has 0 saturated heterocycles. The monoisotopic (exact) mass is 272 g/mol. The molecule has 18 heavy (non-hydrogen) atoms. The van der Waals surface area contributed by atoms with E-state index in [4.69, 9.17) is 5.73 Å². The van der Waals surface area contributed by atoms with Crippen molar-refractivity contribution in [2.45, 2.75) is 11.8 Å². The van der Waals surface area contributed by atoms with Crippen molar-refractivity contribution in [2.24, 2.45) is 0 Å². The number of hydrogen-bond donors (Lipinski definition) is 1. The zero-order valence-electron chi connectivity index (χ0n) is 10.5. The second-order valence-electron chi connectivity index (χ2n) is 3.66. The van der Waals surface area contributed by atoms with E-state index < -0.39 is 16.0 Å². The molecular weight excluding hydrogens is 256 g/mol. The molecule has 0 aromatic heterocycles. The topological polar surface area (TPSA) is 89.7 Å². The molecule has 2 N–H and O–H groups in total. The van der Waals surface area contributed by atoms with Crippen LogP contribution in [-0.4, -0.2) is 39.4 Å². The third-order valence-corrected chi connectivity index (χ3v) is 4.57. The first-order valence-electron chi connectivity index (χ1n) is 5.28. The molecule has 0 aliphatic carbocycles. The number of anilines is 1. The molecule has 0 bridgehead atoms. The van der Waals surface area contributed by atoms with Crippen molar-refractivity contribution >= 4 is 21.7 Å². The smallest absolute Gasteiger partial charge is 0.337 e. The standard InChI is InChI=1S/C11H16N2O4S/c1-4-13(2)18(15,16)10-6-5-8(7-9(10)12)11(14)17-3/h5-7H,4,12H2,1-3H3. The minimum Gasteiger partial charge on any atom is -0.465 e. The van der Waals surface area contributed by atoms with Gasteiger partial charge in [-0.1, -0.05) is 6.92 Å². The van der Waals surface area contributed by atoms with Crippen molar-refractivity contribution in [1.29, 1.82) is 0 Å². The summed E-state index contributed by atoms with van der Waals surface area (Å²) in [4.78, 5) is 11.3. The number of ether oxygens (including phenoxy) is 1. The summed E-state index contributed by atoms with van der Waals surface area (Å²) in [6.45, 7) is 2.05. The van der Waals surface area contributed by atoms with Crippen LogP contribution in [0.15, 0.2) is 23.1 Å². The van der Waals surface area contributed by atoms with Crippen LogP contribution in [0.2, 0.25) is 0 Å². The summed E-state index contributed by atoms with van der Waals surface area (Å²) in [5, 5.41) is 0.